The average Bonchev–Trinajstić information content (AvgIpc) is 3.44. The number of imide groups is 2. The van der Waals surface area contributed by atoms with Gasteiger partial charge in [0.05, 0.1) is 28.1 Å². The summed E-state index contributed by atoms with van der Waals surface area (Å²) in [7, 11) is 0. The molecule has 0 radical (unpaired) electrons. The highest BCUT2D eigenvalue weighted by molar-refractivity contribution is 6.23. The monoisotopic (exact) mass is 776 g/mol. The summed E-state index contributed by atoms with van der Waals surface area (Å²) >= 11 is 0. The molecule has 4 N–H and O–H groups in total. The number of piperidine rings is 1. The Bertz CT molecular complexity index is 2350. The Morgan fingerprint density at radius 2 is 1.67 bits per heavy atom. The highest BCUT2D eigenvalue weighted by Gasteiger charge is 2.44. The number of aromatic carboxylic acids is 1. The molecule has 1 aromatic heterocycles. The summed E-state index contributed by atoms with van der Waals surface area (Å²) in [5, 5.41) is 18.8. The van der Waals surface area contributed by atoms with Crippen LogP contribution in [0.3, 0.4) is 0 Å². The number of rotatable bonds is 13. The van der Waals surface area contributed by atoms with E-state index in [1.807, 2.05) is 29.7 Å². The Labute approximate surface area is 328 Å². The fourth-order valence-electron chi connectivity index (χ4n) is 7.73. The fraction of sp³-hybridized carbons (Fsp3) is 0.357. The van der Waals surface area contributed by atoms with Gasteiger partial charge in [-0.3, -0.25) is 39.0 Å². The molecular formula is C42H44N6O9. The molecule has 5 amide bonds. The number of carboxylic acid groups (broad SMARTS) is 1. The number of anilines is 3. The number of para-hydroxylation sites is 1. The maximum Gasteiger partial charge on any atom is 0.337 e. The molecule has 0 aliphatic carbocycles. The van der Waals surface area contributed by atoms with Crippen LogP contribution < -0.4 is 26.3 Å². The van der Waals surface area contributed by atoms with E-state index in [4.69, 9.17) is 4.42 Å². The average molecular weight is 777 g/mol. The Morgan fingerprint density at radius 3 is 2.42 bits per heavy atom. The molecule has 3 aliphatic heterocycles. The van der Waals surface area contributed by atoms with E-state index < -0.39 is 35.6 Å². The number of piperazine rings is 1. The number of fused-ring (bicyclic) bond motifs is 2. The van der Waals surface area contributed by atoms with Gasteiger partial charge in [-0.25, -0.2) is 4.79 Å². The molecule has 7 rings (SSSR count). The molecule has 4 aromatic rings. The minimum absolute atomic E-state index is 0.0583. The number of benzene rings is 3. The zero-order valence-corrected chi connectivity index (χ0v) is 31.8. The standard InChI is InChI=1S/C42H44N6O9/c1-24-20-29(25(2)44-32-9-6-5-8-28(32)42(55)56)38-31(21-24)34(49)23-37(57-38)47-18-16-46(17-19-47)36(51)10-4-3-7-15-43-26-11-12-27-30(22-26)41(54)48(40(27)53)33-13-14-35(50)45-39(33)52/h5-6,8-9,11-12,20-23,25,33,43-44H,3-4,7,10,13-19H2,1-2H3,(H,55,56)(H,45,50,52)/t25-,33?/m1/s1. The first kappa shape index (κ1) is 38.8. The number of hydrogen-bond acceptors (Lipinski definition) is 11. The summed E-state index contributed by atoms with van der Waals surface area (Å²) in [4.78, 5) is 92.9. The third-order valence-corrected chi connectivity index (χ3v) is 10.8. The third kappa shape index (κ3) is 8.09. The van der Waals surface area contributed by atoms with Gasteiger partial charge < -0.3 is 30.0 Å². The highest BCUT2D eigenvalue weighted by Crippen LogP contribution is 2.32. The van der Waals surface area contributed by atoms with Crippen LogP contribution in [-0.4, -0.2) is 89.2 Å². The molecule has 296 valence electrons. The molecule has 1 unspecified atom stereocenters. The van der Waals surface area contributed by atoms with Crippen molar-refractivity contribution in [3.05, 3.63) is 98.7 Å². The maximum atomic E-state index is 13.4. The van der Waals surface area contributed by atoms with E-state index in [1.54, 1.807) is 42.5 Å². The number of carbonyl (C=O) groups excluding carboxylic acids is 5. The van der Waals surface area contributed by atoms with Gasteiger partial charge in [0, 0.05) is 68.6 Å². The first-order valence-corrected chi connectivity index (χ1v) is 19.2. The van der Waals surface area contributed by atoms with Crippen molar-refractivity contribution in [2.75, 3.05) is 48.3 Å². The summed E-state index contributed by atoms with van der Waals surface area (Å²) in [6.07, 6.45) is 2.82. The van der Waals surface area contributed by atoms with Gasteiger partial charge in [0.1, 0.15) is 11.6 Å². The predicted octanol–water partition coefficient (Wildman–Crippen LogP) is 4.70. The number of amides is 5. The van der Waals surface area contributed by atoms with Gasteiger partial charge in [0.2, 0.25) is 17.7 Å². The topological polar surface area (TPSA) is 199 Å². The van der Waals surface area contributed by atoms with Crippen molar-refractivity contribution in [1.82, 2.24) is 15.1 Å². The fourth-order valence-corrected chi connectivity index (χ4v) is 7.73. The lowest BCUT2D eigenvalue weighted by molar-refractivity contribution is -0.136. The quantitative estimate of drug-likeness (QED) is 0.108. The number of hydrogen-bond donors (Lipinski definition) is 4. The van der Waals surface area contributed by atoms with Crippen molar-refractivity contribution in [3.63, 3.8) is 0 Å². The van der Waals surface area contributed by atoms with Crippen molar-refractivity contribution in [2.24, 2.45) is 0 Å². The van der Waals surface area contributed by atoms with E-state index in [0.29, 0.717) is 73.8 Å². The summed E-state index contributed by atoms with van der Waals surface area (Å²) < 4.78 is 6.41. The van der Waals surface area contributed by atoms with Crippen molar-refractivity contribution >= 4 is 63.7 Å². The molecule has 57 heavy (non-hydrogen) atoms. The van der Waals surface area contributed by atoms with Crippen molar-refractivity contribution in [1.29, 1.82) is 0 Å². The lowest BCUT2D eigenvalue weighted by Gasteiger charge is -2.35. The molecule has 4 heterocycles. The second-order valence-electron chi connectivity index (χ2n) is 14.7. The summed E-state index contributed by atoms with van der Waals surface area (Å²) in [6, 6.07) is 15.4. The van der Waals surface area contributed by atoms with Gasteiger partial charge in [0.25, 0.3) is 11.8 Å². The normalized spacial score (nSPS) is 17.4. The molecule has 0 saturated carbocycles. The van der Waals surface area contributed by atoms with Crippen LogP contribution in [0.25, 0.3) is 11.0 Å². The molecule has 2 atom stereocenters. The van der Waals surface area contributed by atoms with E-state index in [1.165, 1.54) is 12.1 Å². The number of aryl methyl sites for hydroxylation is 1. The van der Waals surface area contributed by atoms with Crippen LogP contribution in [0.4, 0.5) is 17.3 Å². The van der Waals surface area contributed by atoms with Crippen LogP contribution in [0.5, 0.6) is 0 Å². The SMILES string of the molecule is Cc1cc([C@@H](C)Nc2ccccc2C(=O)O)c2oc(N3CCN(C(=O)CCCCCNc4ccc5c(c4)C(=O)N(C4CCC(=O)NC4=O)C5=O)CC3)cc(=O)c2c1. The smallest absolute Gasteiger partial charge is 0.337 e. The maximum absolute atomic E-state index is 13.4. The number of unbranched alkanes of at least 4 members (excludes halogenated alkanes) is 2. The van der Waals surface area contributed by atoms with Crippen LogP contribution in [0.1, 0.15) is 93.7 Å². The van der Waals surface area contributed by atoms with E-state index in [2.05, 4.69) is 16.0 Å². The predicted molar refractivity (Wildman–Crippen MR) is 212 cm³/mol. The Kier molecular flexibility index (Phi) is 11.1. The molecule has 0 bridgehead atoms. The number of carboxylic acids is 1. The zero-order chi connectivity index (χ0) is 40.4. The summed E-state index contributed by atoms with van der Waals surface area (Å²) in [6.45, 7) is 6.32. The second kappa shape index (κ2) is 16.3. The van der Waals surface area contributed by atoms with Crippen LogP contribution in [0.15, 0.2) is 69.9 Å². The zero-order valence-electron chi connectivity index (χ0n) is 31.8. The number of nitrogens with one attached hydrogen (secondary N) is 3. The van der Waals surface area contributed by atoms with Crippen molar-refractivity contribution in [2.45, 2.75) is 64.5 Å². The second-order valence-corrected chi connectivity index (χ2v) is 14.7. The molecule has 3 aliphatic rings. The largest absolute Gasteiger partial charge is 0.478 e. The van der Waals surface area contributed by atoms with E-state index in [9.17, 15) is 38.7 Å². The summed E-state index contributed by atoms with van der Waals surface area (Å²) in [5.41, 5.74) is 3.55. The lowest BCUT2D eigenvalue weighted by atomic mass is 10.0. The molecule has 15 heteroatoms. The summed E-state index contributed by atoms with van der Waals surface area (Å²) in [5.74, 6) is -2.74. The molecular weight excluding hydrogens is 732 g/mol. The Hall–Kier alpha value is -6.51. The van der Waals surface area contributed by atoms with E-state index >= 15 is 0 Å². The van der Waals surface area contributed by atoms with Gasteiger partial charge in [-0.05, 0) is 75.1 Å². The molecule has 2 saturated heterocycles. The van der Waals surface area contributed by atoms with Crippen LogP contribution in [0.2, 0.25) is 0 Å². The highest BCUT2D eigenvalue weighted by atomic mass is 16.4. The molecule has 3 aromatic carbocycles. The van der Waals surface area contributed by atoms with Gasteiger partial charge in [-0.15, -0.1) is 0 Å². The first-order valence-electron chi connectivity index (χ1n) is 19.2. The van der Waals surface area contributed by atoms with Crippen molar-refractivity contribution in [3.8, 4) is 0 Å². The molecule has 0 spiro atoms. The van der Waals surface area contributed by atoms with Gasteiger partial charge in [0.15, 0.2) is 11.3 Å². The molecule has 2 fully saturated rings. The van der Waals surface area contributed by atoms with Gasteiger partial charge in [-0.2, -0.15) is 0 Å². The van der Waals surface area contributed by atoms with Gasteiger partial charge in [-0.1, -0.05) is 24.6 Å². The lowest BCUT2D eigenvalue weighted by Crippen LogP contribution is -2.54. The van der Waals surface area contributed by atoms with Crippen molar-refractivity contribution < 1.29 is 38.3 Å². The number of nitrogens with zero attached hydrogens (tertiary/aromatic N) is 3. The minimum Gasteiger partial charge on any atom is -0.478 e. The molecule has 15 nitrogen and oxygen atoms in total. The Balaban J connectivity index is 0.884. The minimum atomic E-state index is -1.05. The third-order valence-electron chi connectivity index (χ3n) is 10.8. The van der Waals surface area contributed by atoms with Crippen LogP contribution in [0, 0.1) is 6.92 Å². The van der Waals surface area contributed by atoms with Gasteiger partial charge >= 0.3 is 5.97 Å². The Morgan fingerprint density at radius 1 is 0.912 bits per heavy atom. The number of carbonyl (C=O) groups is 6. The first-order chi connectivity index (χ1) is 27.4. The van der Waals surface area contributed by atoms with E-state index in [-0.39, 0.29) is 46.9 Å². The van der Waals surface area contributed by atoms with Crippen LogP contribution >= 0.6 is 0 Å². The van der Waals surface area contributed by atoms with E-state index in [0.717, 1.165) is 28.9 Å². The van der Waals surface area contributed by atoms with Crippen LogP contribution in [-0.2, 0) is 14.4 Å².